The van der Waals surface area contributed by atoms with Gasteiger partial charge >= 0.3 is 12.2 Å². The molecule has 2 atom stereocenters. The summed E-state index contributed by atoms with van der Waals surface area (Å²) in [6.07, 6.45) is -3.94. The zero-order chi connectivity index (χ0) is 23.8. The number of hydrogen-bond acceptors (Lipinski definition) is 8. The molecule has 33 heavy (non-hydrogen) atoms. The molecular weight excluding hydrogens is 441 g/mol. The van der Waals surface area contributed by atoms with Crippen molar-refractivity contribution in [2.24, 2.45) is 0 Å². The number of nitrogens with zero attached hydrogens (tertiary/aromatic N) is 2. The molecule has 176 valence electrons. The molecule has 0 radical (unpaired) electrons. The van der Waals surface area contributed by atoms with Gasteiger partial charge in [-0.3, -0.25) is 0 Å². The monoisotopic (exact) mass is 464 g/mol. The van der Waals surface area contributed by atoms with Gasteiger partial charge in [0.25, 0.3) is 0 Å². The van der Waals surface area contributed by atoms with Gasteiger partial charge in [-0.2, -0.15) is 23.1 Å². The second-order valence-electron chi connectivity index (χ2n) is 7.75. The lowest BCUT2D eigenvalue weighted by molar-refractivity contribution is -0.137. The number of aromatic nitrogens is 2. The molecule has 4 rings (SSSR count). The highest BCUT2D eigenvalue weighted by Gasteiger charge is 2.31. The summed E-state index contributed by atoms with van der Waals surface area (Å²) in [5.74, 6) is 1.07. The van der Waals surface area contributed by atoms with E-state index in [0.717, 1.165) is 18.6 Å². The Labute approximate surface area is 187 Å². The maximum Gasteiger partial charge on any atom is 0.416 e. The fraction of sp³-hybridized carbons (Fsp3) is 0.364. The van der Waals surface area contributed by atoms with Crippen LogP contribution < -0.4 is 20.5 Å². The van der Waals surface area contributed by atoms with Crippen molar-refractivity contribution in [3.8, 4) is 17.5 Å². The minimum absolute atomic E-state index is 0.0110. The van der Waals surface area contributed by atoms with Crippen LogP contribution in [0.3, 0.4) is 0 Å². The number of hydrogen-bond donors (Lipinski definition) is 3. The number of nitrogens with two attached hydrogens (primary N) is 1. The Morgan fingerprint density at radius 2 is 1.97 bits per heavy atom. The summed E-state index contributed by atoms with van der Waals surface area (Å²) in [4.78, 5) is 8.08. The molecule has 1 aromatic heterocycles. The smallest absolute Gasteiger partial charge is 0.416 e. The van der Waals surface area contributed by atoms with E-state index in [9.17, 15) is 18.3 Å². The van der Waals surface area contributed by atoms with E-state index in [4.69, 9.17) is 19.9 Å². The van der Waals surface area contributed by atoms with Crippen LogP contribution in [-0.4, -0.2) is 41.5 Å². The van der Waals surface area contributed by atoms with Gasteiger partial charge < -0.3 is 30.4 Å². The highest BCUT2D eigenvalue weighted by atomic mass is 19.4. The van der Waals surface area contributed by atoms with Crippen LogP contribution in [0.15, 0.2) is 30.3 Å². The number of nitrogen functional groups attached to an aromatic ring is 1. The summed E-state index contributed by atoms with van der Waals surface area (Å²) in [5, 5.41) is 13.6. The number of benzene rings is 2. The van der Waals surface area contributed by atoms with E-state index >= 15 is 0 Å². The SMILES string of the molecule is COc1cc2nc(O)nc(N[C@H](C)c3cc(N)cc(C(F)(F)F)c3)c2cc1OC1CCOC1. The van der Waals surface area contributed by atoms with Crippen molar-refractivity contribution in [3.63, 3.8) is 0 Å². The molecule has 1 saturated heterocycles. The lowest BCUT2D eigenvalue weighted by atomic mass is 10.0. The summed E-state index contributed by atoms with van der Waals surface area (Å²) in [5.41, 5.74) is 5.52. The standard InChI is InChI=1S/C22H23F3N4O4/c1-11(12-5-13(22(23,24)25)7-14(26)6-12)27-20-16-8-19(33-15-3-4-32-10-15)18(31-2)9-17(16)28-21(30)29-20/h5-9,11,15H,3-4,10,26H2,1-2H3,(H2,27,28,29,30)/t11-,15?/m1/s1. The molecule has 0 bridgehead atoms. The van der Waals surface area contributed by atoms with E-state index in [1.54, 1.807) is 19.1 Å². The van der Waals surface area contributed by atoms with E-state index in [1.165, 1.54) is 13.2 Å². The number of fused-ring (bicyclic) bond motifs is 1. The first kappa shape index (κ1) is 22.7. The van der Waals surface area contributed by atoms with Gasteiger partial charge in [-0.05, 0) is 36.8 Å². The molecule has 2 aromatic carbocycles. The van der Waals surface area contributed by atoms with Crippen LogP contribution in [0.25, 0.3) is 10.9 Å². The van der Waals surface area contributed by atoms with E-state index in [1.807, 2.05) is 0 Å². The number of nitrogens with one attached hydrogen (secondary N) is 1. The predicted molar refractivity (Wildman–Crippen MR) is 116 cm³/mol. The quantitative estimate of drug-likeness (QED) is 0.464. The highest BCUT2D eigenvalue weighted by molar-refractivity contribution is 5.92. The Kier molecular flexibility index (Phi) is 6.07. The minimum atomic E-state index is -4.53. The molecule has 8 nitrogen and oxygen atoms in total. The molecule has 0 aliphatic carbocycles. The summed E-state index contributed by atoms with van der Waals surface area (Å²) >= 11 is 0. The van der Waals surface area contributed by atoms with Crippen molar-refractivity contribution in [2.45, 2.75) is 31.7 Å². The second-order valence-corrected chi connectivity index (χ2v) is 7.75. The normalized spacial score (nSPS) is 17.2. The lowest BCUT2D eigenvalue weighted by Gasteiger charge is -2.20. The Hall–Kier alpha value is -3.47. The highest BCUT2D eigenvalue weighted by Crippen LogP contribution is 2.38. The number of ether oxygens (including phenoxy) is 3. The van der Waals surface area contributed by atoms with Gasteiger partial charge in [0, 0.05) is 23.6 Å². The first-order valence-electron chi connectivity index (χ1n) is 10.2. The molecule has 1 unspecified atom stereocenters. The summed E-state index contributed by atoms with van der Waals surface area (Å²) in [6, 6.07) is 5.50. The van der Waals surface area contributed by atoms with Gasteiger partial charge in [-0.15, -0.1) is 0 Å². The summed E-state index contributed by atoms with van der Waals surface area (Å²) in [7, 11) is 1.49. The van der Waals surface area contributed by atoms with Gasteiger partial charge in [0.05, 0.1) is 37.4 Å². The van der Waals surface area contributed by atoms with Crippen molar-refractivity contribution in [1.82, 2.24) is 9.97 Å². The maximum absolute atomic E-state index is 13.2. The van der Waals surface area contributed by atoms with Crippen molar-refractivity contribution in [3.05, 3.63) is 41.5 Å². The first-order valence-corrected chi connectivity index (χ1v) is 10.2. The zero-order valence-electron chi connectivity index (χ0n) is 17.9. The Bertz CT molecular complexity index is 1170. The van der Waals surface area contributed by atoms with Crippen molar-refractivity contribution in [2.75, 3.05) is 31.4 Å². The summed E-state index contributed by atoms with van der Waals surface area (Å²) in [6.45, 7) is 2.71. The number of methoxy groups -OCH3 is 1. The zero-order valence-corrected chi connectivity index (χ0v) is 17.9. The van der Waals surface area contributed by atoms with Crippen LogP contribution in [0.1, 0.15) is 30.5 Å². The van der Waals surface area contributed by atoms with E-state index < -0.39 is 23.8 Å². The number of anilines is 2. The van der Waals surface area contributed by atoms with Gasteiger partial charge in [0.1, 0.15) is 11.9 Å². The van der Waals surface area contributed by atoms with Crippen LogP contribution in [0, 0.1) is 0 Å². The molecule has 3 aromatic rings. The number of alkyl halides is 3. The molecule has 1 aliphatic rings. The molecule has 0 spiro atoms. The molecule has 0 amide bonds. The van der Waals surface area contributed by atoms with Crippen LogP contribution in [0.5, 0.6) is 17.5 Å². The van der Waals surface area contributed by atoms with Crippen LogP contribution >= 0.6 is 0 Å². The van der Waals surface area contributed by atoms with Gasteiger partial charge in [-0.1, -0.05) is 0 Å². The number of aromatic hydroxyl groups is 1. The third-order valence-corrected chi connectivity index (χ3v) is 5.31. The van der Waals surface area contributed by atoms with Crippen molar-refractivity contribution >= 4 is 22.4 Å². The molecule has 4 N–H and O–H groups in total. The van der Waals surface area contributed by atoms with Gasteiger partial charge in [0.15, 0.2) is 11.5 Å². The van der Waals surface area contributed by atoms with Crippen LogP contribution in [0.4, 0.5) is 24.7 Å². The summed E-state index contributed by atoms with van der Waals surface area (Å²) < 4.78 is 56.4. The van der Waals surface area contributed by atoms with Gasteiger partial charge in [-0.25, -0.2) is 0 Å². The van der Waals surface area contributed by atoms with Crippen molar-refractivity contribution in [1.29, 1.82) is 0 Å². The fourth-order valence-electron chi connectivity index (χ4n) is 3.65. The number of rotatable bonds is 6. The molecule has 1 aliphatic heterocycles. The lowest BCUT2D eigenvalue weighted by Crippen LogP contribution is -2.16. The fourth-order valence-corrected chi connectivity index (χ4v) is 3.65. The van der Waals surface area contributed by atoms with Crippen LogP contribution in [-0.2, 0) is 10.9 Å². The topological polar surface area (TPSA) is 112 Å². The molecule has 2 heterocycles. The Morgan fingerprint density at radius 3 is 2.64 bits per heavy atom. The third kappa shape index (κ3) is 4.98. The van der Waals surface area contributed by atoms with Gasteiger partial charge in [0.2, 0.25) is 0 Å². The molecular formula is C22H23F3N4O4. The first-order chi connectivity index (χ1) is 15.6. The molecule has 0 saturated carbocycles. The van der Waals surface area contributed by atoms with E-state index in [0.29, 0.717) is 41.2 Å². The number of halogens is 3. The van der Waals surface area contributed by atoms with Crippen LogP contribution in [0.2, 0.25) is 0 Å². The van der Waals surface area contributed by atoms with Crippen molar-refractivity contribution < 1.29 is 32.5 Å². The molecule has 11 heteroatoms. The van der Waals surface area contributed by atoms with E-state index in [-0.39, 0.29) is 17.6 Å². The van der Waals surface area contributed by atoms with E-state index in [2.05, 4.69) is 15.3 Å². The predicted octanol–water partition coefficient (Wildman–Crippen LogP) is 4.29. The Balaban J connectivity index is 1.71. The second kappa shape index (κ2) is 8.81. The minimum Gasteiger partial charge on any atom is -0.493 e. The average Bonchev–Trinajstić information content (AvgIpc) is 3.25. The average molecular weight is 464 g/mol. The molecule has 1 fully saturated rings. The maximum atomic E-state index is 13.2. The third-order valence-electron chi connectivity index (χ3n) is 5.31. The largest absolute Gasteiger partial charge is 0.493 e. The Morgan fingerprint density at radius 1 is 1.18 bits per heavy atom.